The summed E-state index contributed by atoms with van der Waals surface area (Å²) in [5.74, 6) is -0.744. The van der Waals surface area contributed by atoms with Crippen molar-refractivity contribution >= 4 is 5.97 Å². The number of piperidine rings is 1. The molecule has 0 aliphatic carbocycles. The third-order valence-electron chi connectivity index (χ3n) is 4.22. The standard InChI is InChI=1S/C16H24N2O2/c1-13-10-15(17(2)12-16(19)20)8-9-18(13)11-14-6-4-3-5-7-14/h3-7,13,15H,8-12H2,1-2H3,(H,19,20). The van der Waals surface area contributed by atoms with Gasteiger partial charge in [-0.3, -0.25) is 14.6 Å². The van der Waals surface area contributed by atoms with E-state index >= 15 is 0 Å². The lowest BCUT2D eigenvalue weighted by Crippen LogP contribution is -2.48. The molecule has 1 aliphatic heterocycles. The maximum atomic E-state index is 10.8. The Morgan fingerprint density at radius 2 is 2.10 bits per heavy atom. The van der Waals surface area contributed by atoms with E-state index in [1.807, 2.05) is 18.0 Å². The molecule has 2 unspecified atom stereocenters. The molecule has 1 aromatic rings. The molecule has 0 saturated carbocycles. The Bertz CT molecular complexity index is 435. The van der Waals surface area contributed by atoms with Crippen LogP contribution in [0.3, 0.4) is 0 Å². The van der Waals surface area contributed by atoms with Crippen molar-refractivity contribution in [1.29, 1.82) is 0 Å². The van der Waals surface area contributed by atoms with Crippen molar-refractivity contribution in [3.05, 3.63) is 35.9 Å². The summed E-state index contributed by atoms with van der Waals surface area (Å²) < 4.78 is 0. The average molecular weight is 276 g/mol. The Hall–Kier alpha value is -1.39. The molecule has 2 atom stereocenters. The number of likely N-dealkylation sites (N-methyl/N-ethyl adjacent to an activating group) is 1. The largest absolute Gasteiger partial charge is 0.480 e. The van der Waals surface area contributed by atoms with Crippen molar-refractivity contribution < 1.29 is 9.90 Å². The van der Waals surface area contributed by atoms with Crippen molar-refractivity contribution in [3.8, 4) is 0 Å². The van der Waals surface area contributed by atoms with E-state index in [0.717, 1.165) is 25.9 Å². The summed E-state index contributed by atoms with van der Waals surface area (Å²) in [5, 5.41) is 8.88. The van der Waals surface area contributed by atoms with Gasteiger partial charge >= 0.3 is 5.97 Å². The monoisotopic (exact) mass is 276 g/mol. The highest BCUT2D eigenvalue weighted by Crippen LogP contribution is 2.22. The molecule has 0 amide bonds. The number of likely N-dealkylation sites (tertiary alicyclic amines) is 1. The molecule has 1 saturated heterocycles. The normalized spacial score (nSPS) is 23.9. The summed E-state index contributed by atoms with van der Waals surface area (Å²) in [6.45, 7) is 4.39. The van der Waals surface area contributed by atoms with Crippen molar-refractivity contribution in [1.82, 2.24) is 9.80 Å². The Kier molecular flexibility index (Phi) is 5.15. The Balaban J connectivity index is 1.87. The van der Waals surface area contributed by atoms with Gasteiger partial charge in [-0.25, -0.2) is 0 Å². The van der Waals surface area contributed by atoms with Crippen LogP contribution in [-0.2, 0) is 11.3 Å². The molecular weight excluding hydrogens is 252 g/mol. The molecule has 4 nitrogen and oxygen atoms in total. The minimum atomic E-state index is -0.744. The molecule has 1 aliphatic rings. The van der Waals surface area contributed by atoms with Crippen LogP contribution in [0.2, 0.25) is 0 Å². The van der Waals surface area contributed by atoms with Crippen LogP contribution in [0.4, 0.5) is 0 Å². The average Bonchev–Trinajstić information content (AvgIpc) is 2.41. The highest BCUT2D eigenvalue weighted by atomic mass is 16.4. The first-order valence-corrected chi connectivity index (χ1v) is 7.26. The van der Waals surface area contributed by atoms with E-state index in [4.69, 9.17) is 5.11 Å². The minimum Gasteiger partial charge on any atom is -0.480 e. The lowest BCUT2D eigenvalue weighted by Gasteiger charge is -2.40. The van der Waals surface area contributed by atoms with Crippen LogP contribution in [0, 0.1) is 0 Å². The maximum Gasteiger partial charge on any atom is 0.317 e. The minimum absolute atomic E-state index is 0.135. The molecule has 1 N–H and O–H groups in total. The van der Waals surface area contributed by atoms with Crippen LogP contribution in [0.15, 0.2) is 30.3 Å². The molecule has 0 spiro atoms. The van der Waals surface area contributed by atoms with Gasteiger partial charge in [0.05, 0.1) is 6.54 Å². The SMILES string of the molecule is CC1CC(N(C)CC(=O)O)CCN1Cc1ccccc1. The number of hydrogen-bond donors (Lipinski definition) is 1. The van der Waals surface area contributed by atoms with Crippen molar-refractivity contribution in [2.75, 3.05) is 20.1 Å². The Morgan fingerprint density at radius 3 is 2.70 bits per heavy atom. The molecule has 4 heteroatoms. The predicted molar refractivity (Wildman–Crippen MR) is 79.6 cm³/mol. The van der Waals surface area contributed by atoms with Crippen LogP contribution < -0.4 is 0 Å². The fourth-order valence-electron chi connectivity index (χ4n) is 2.99. The van der Waals surface area contributed by atoms with Gasteiger partial charge in [-0.1, -0.05) is 30.3 Å². The van der Waals surface area contributed by atoms with Gasteiger partial charge < -0.3 is 5.11 Å². The molecule has 1 fully saturated rings. The number of benzene rings is 1. The van der Waals surface area contributed by atoms with Crippen LogP contribution in [0.25, 0.3) is 0 Å². The summed E-state index contributed by atoms with van der Waals surface area (Å²) in [6.07, 6.45) is 2.08. The van der Waals surface area contributed by atoms with Crippen LogP contribution in [0.5, 0.6) is 0 Å². The summed E-state index contributed by atoms with van der Waals surface area (Å²) in [6, 6.07) is 11.4. The highest BCUT2D eigenvalue weighted by molar-refractivity contribution is 5.69. The molecule has 110 valence electrons. The summed E-state index contributed by atoms with van der Waals surface area (Å²) in [5.41, 5.74) is 1.34. The first-order chi connectivity index (χ1) is 9.56. The zero-order valence-corrected chi connectivity index (χ0v) is 12.3. The van der Waals surface area contributed by atoms with Gasteiger partial charge in [0.25, 0.3) is 0 Å². The van der Waals surface area contributed by atoms with E-state index in [1.165, 1.54) is 5.56 Å². The molecule has 2 rings (SSSR count). The Morgan fingerprint density at radius 1 is 1.40 bits per heavy atom. The van der Waals surface area contributed by atoms with Crippen molar-refractivity contribution in [2.45, 2.75) is 38.4 Å². The van der Waals surface area contributed by atoms with Crippen LogP contribution >= 0.6 is 0 Å². The van der Waals surface area contributed by atoms with Crippen LogP contribution in [0.1, 0.15) is 25.3 Å². The second-order valence-electron chi connectivity index (χ2n) is 5.79. The summed E-state index contributed by atoms with van der Waals surface area (Å²) >= 11 is 0. The first-order valence-electron chi connectivity index (χ1n) is 7.26. The number of nitrogens with zero attached hydrogens (tertiary/aromatic N) is 2. The zero-order valence-electron chi connectivity index (χ0n) is 12.3. The van der Waals surface area contributed by atoms with Gasteiger partial charge in [0.15, 0.2) is 0 Å². The number of aliphatic carboxylic acids is 1. The van der Waals surface area contributed by atoms with E-state index in [9.17, 15) is 4.79 Å². The van der Waals surface area contributed by atoms with Crippen molar-refractivity contribution in [3.63, 3.8) is 0 Å². The van der Waals surface area contributed by atoms with Gasteiger partial charge in [0, 0.05) is 25.2 Å². The molecule has 0 aromatic heterocycles. The number of hydrogen-bond acceptors (Lipinski definition) is 3. The van der Waals surface area contributed by atoms with E-state index in [1.54, 1.807) is 0 Å². The number of carbonyl (C=O) groups is 1. The molecule has 0 bridgehead atoms. The molecule has 0 radical (unpaired) electrons. The van der Waals surface area contributed by atoms with Gasteiger partial charge in [0.1, 0.15) is 0 Å². The molecule has 1 aromatic carbocycles. The first kappa shape index (κ1) is 15.0. The topological polar surface area (TPSA) is 43.8 Å². The fraction of sp³-hybridized carbons (Fsp3) is 0.562. The zero-order chi connectivity index (χ0) is 14.5. The molecule has 20 heavy (non-hydrogen) atoms. The molecule has 1 heterocycles. The second kappa shape index (κ2) is 6.86. The van der Waals surface area contributed by atoms with E-state index < -0.39 is 5.97 Å². The third kappa shape index (κ3) is 4.05. The van der Waals surface area contributed by atoms with Gasteiger partial charge in [-0.2, -0.15) is 0 Å². The molecular formula is C16H24N2O2. The van der Waals surface area contributed by atoms with Gasteiger partial charge in [-0.05, 0) is 32.4 Å². The number of carboxylic acid groups (broad SMARTS) is 1. The lowest BCUT2D eigenvalue weighted by atomic mass is 9.96. The van der Waals surface area contributed by atoms with E-state index in [0.29, 0.717) is 12.1 Å². The second-order valence-corrected chi connectivity index (χ2v) is 5.79. The third-order valence-corrected chi connectivity index (χ3v) is 4.22. The van der Waals surface area contributed by atoms with E-state index in [2.05, 4.69) is 36.1 Å². The van der Waals surface area contributed by atoms with E-state index in [-0.39, 0.29) is 6.54 Å². The number of carboxylic acids is 1. The van der Waals surface area contributed by atoms with Gasteiger partial charge in [0.2, 0.25) is 0 Å². The van der Waals surface area contributed by atoms with Crippen LogP contribution in [-0.4, -0.2) is 53.1 Å². The number of rotatable bonds is 5. The van der Waals surface area contributed by atoms with Gasteiger partial charge in [-0.15, -0.1) is 0 Å². The predicted octanol–water partition coefficient (Wildman–Crippen LogP) is 2.06. The smallest absolute Gasteiger partial charge is 0.317 e. The lowest BCUT2D eigenvalue weighted by molar-refractivity contribution is -0.138. The summed E-state index contributed by atoms with van der Waals surface area (Å²) in [7, 11) is 1.92. The quantitative estimate of drug-likeness (QED) is 0.894. The fourth-order valence-corrected chi connectivity index (χ4v) is 2.99. The Labute approximate surface area is 121 Å². The maximum absolute atomic E-state index is 10.8. The van der Waals surface area contributed by atoms with Crippen molar-refractivity contribution in [2.24, 2.45) is 0 Å². The summed E-state index contributed by atoms with van der Waals surface area (Å²) in [4.78, 5) is 15.2. The highest BCUT2D eigenvalue weighted by Gasteiger charge is 2.28.